The molecule has 1 rings (SSSR count). The highest BCUT2D eigenvalue weighted by Crippen LogP contribution is 2.29. The van der Waals surface area contributed by atoms with Crippen LogP contribution >= 0.6 is 0 Å². The van der Waals surface area contributed by atoms with Crippen molar-refractivity contribution in [1.82, 2.24) is 0 Å². The molecular formula is C11H15NO4. The van der Waals surface area contributed by atoms with E-state index >= 15 is 0 Å². The van der Waals surface area contributed by atoms with E-state index in [-0.39, 0.29) is 12.3 Å². The quantitative estimate of drug-likeness (QED) is 0.734. The first-order chi connectivity index (χ1) is 7.63. The maximum absolute atomic E-state index is 11.4. The van der Waals surface area contributed by atoms with Crippen molar-refractivity contribution in [2.75, 3.05) is 20.8 Å². The summed E-state index contributed by atoms with van der Waals surface area (Å²) in [7, 11) is 2.79. The third kappa shape index (κ3) is 2.43. The van der Waals surface area contributed by atoms with Crippen molar-refractivity contribution >= 4 is 5.97 Å². The van der Waals surface area contributed by atoms with Gasteiger partial charge in [-0.25, -0.2) is 0 Å². The predicted octanol–water partition coefficient (Wildman–Crippen LogP) is 0.616. The van der Waals surface area contributed by atoms with Gasteiger partial charge in [-0.15, -0.1) is 0 Å². The predicted molar refractivity (Wildman–Crippen MR) is 58.5 cm³/mol. The van der Waals surface area contributed by atoms with Crippen LogP contribution in [0.2, 0.25) is 0 Å². The number of phenolic OH excluding ortho intramolecular Hbond substituents is 1. The average molecular weight is 225 g/mol. The fourth-order valence-electron chi connectivity index (χ4n) is 1.43. The van der Waals surface area contributed by atoms with E-state index in [0.29, 0.717) is 11.3 Å². The standard InChI is InChI=1S/C11H15NO4/c1-15-7-3-4-10(13)8(5-7)9(6-12)11(14)16-2/h3-5,9,13H,6,12H2,1-2H3. The second-order valence-corrected chi connectivity index (χ2v) is 3.24. The van der Waals surface area contributed by atoms with Crippen LogP contribution in [0, 0.1) is 0 Å². The Bertz CT molecular complexity index is 378. The van der Waals surface area contributed by atoms with Gasteiger partial charge in [0, 0.05) is 12.1 Å². The number of carbonyl (C=O) groups excluding carboxylic acids is 1. The van der Waals surface area contributed by atoms with Crippen molar-refractivity contribution < 1.29 is 19.4 Å². The van der Waals surface area contributed by atoms with Crippen molar-refractivity contribution in [1.29, 1.82) is 0 Å². The van der Waals surface area contributed by atoms with Gasteiger partial charge in [-0.05, 0) is 18.2 Å². The van der Waals surface area contributed by atoms with Crippen LogP contribution in [0.5, 0.6) is 11.5 Å². The van der Waals surface area contributed by atoms with E-state index < -0.39 is 11.9 Å². The van der Waals surface area contributed by atoms with Gasteiger partial charge in [-0.2, -0.15) is 0 Å². The molecule has 0 bridgehead atoms. The van der Waals surface area contributed by atoms with Gasteiger partial charge in [0.05, 0.1) is 20.1 Å². The van der Waals surface area contributed by atoms with Gasteiger partial charge >= 0.3 is 5.97 Å². The summed E-state index contributed by atoms with van der Waals surface area (Å²) in [5, 5.41) is 9.66. The lowest BCUT2D eigenvalue weighted by molar-refractivity contribution is -0.142. The van der Waals surface area contributed by atoms with Gasteiger partial charge in [0.1, 0.15) is 11.5 Å². The lowest BCUT2D eigenvalue weighted by Gasteiger charge is -2.15. The third-order valence-corrected chi connectivity index (χ3v) is 2.33. The molecule has 1 aromatic carbocycles. The van der Waals surface area contributed by atoms with Crippen LogP contribution in [0.25, 0.3) is 0 Å². The van der Waals surface area contributed by atoms with Crippen molar-refractivity contribution in [2.45, 2.75) is 5.92 Å². The second-order valence-electron chi connectivity index (χ2n) is 3.24. The van der Waals surface area contributed by atoms with E-state index in [1.807, 2.05) is 0 Å². The van der Waals surface area contributed by atoms with Crippen LogP contribution < -0.4 is 10.5 Å². The minimum Gasteiger partial charge on any atom is -0.508 e. The lowest BCUT2D eigenvalue weighted by Crippen LogP contribution is -2.22. The van der Waals surface area contributed by atoms with E-state index in [1.165, 1.54) is 20.3 Å². The molecule has 0 aliphatic carbocycles. The van der Waals surface area contributed by atoms with Gasteiger partial charge in [0.15, 0.2) is 0 Å². The summed E-state index contributed by atoms with van der Waals surface area (Å²) in [6.07, 6.45) is 0. The van der Waals surface area contributed by atoms with Gasteiger partial charge in [0.25, 0.3) is 0 Å². The zero-order valence-corrected chi connectivity index (χ0v) is 9.27. The summed E-state index contributed by atoms with van der Waals surface area (Å²) in [6.45, 7) is 0.0629. The highest BCUT2D eigenvalue weighted by atomic mass is 16.5. The molecule has 0 aromatic heterocycles. The molecule has 0 aliphatic heterocycles. The van der Waals surface area contributed by atoms with Crippen molar-refractivity contribution in [3.8, 4) is 11.5 Å². The Kier molecular flexibility index (Phi) is 4.13. The number of esters is 1. The number of rotatable bonds is 4. The Morgan fingerprint density at radius 1 is 1.50 bits per heavy atom. The molecule has 0 radical (unpaired) electrons. The van der Waals surface area contributed by atoms with E-state index in [2.05, 4.69) is 4.74 Å². The molecule has 3 N–H and O–H groups in total. The van der Waals surface area contributed by atoms with Gasteiger partial charge in [-0.3, -0.25) is 4.79 Å². The molecule has 5 heteroatoms. The van der Waals surface area contributed by atoms with Crippen LogP contribution in [0.3, 0.4) is 0 Å². The maximum Gasteiger partial charge on any atom is 0.314 e. The molecule has 16 heavy (non-hydrogen) atoms. The van der Waals surface area contributed by atoms with E-state index in [4.69, 9.17) is 10.5 Å². The Labute approximate surface area is 93.8 Å². The van der Waals surface area contributed by atoms with Gasteiger partial charge in [0.2, 0.25) is 0 Å². The topological polar surface area (TPSA) is 81.8 Å². The van der Waals surface area contributed by atoms with E-state index in [1.54, 1.807) is 12.1 Å². The number of methoxy groups -OCH3 is 2. The van der Waals surface area contributed by atoms with Crippen molar-refractivity contribution in [3.05, 3.63) is 23.8 Å². The molecule has 0 aliphatic rings. The Hall–Kier alpha value is -1.75. The first kappa shape index (κ1) is 12.3. The second kappa shape index (κ2) is 5.37. The first-order valence-electron chi connectivity index (χ1n) is 4.78. The van der Waals surface area contributed by atoms with E-state index in [0.717, 1.165) is 0 Å². The minimum atomic E-state index is -0.680. The van der Waals surface area contributed by atoms with Crippen LogP contribution in [0.1, 0.15) is 11.5 Å². The number of phenols is 1. The number of benzene rings is 1. The molecule has 0 heterocycles. The number of ether oxygens (including phenoxy) is 2. The SMILES string of the molecule is COC(=O)C(CN)c1cc(OC)ccc1O. The van der Waals surface area contributed by atoms with Gasteiger partial charge in [-0.1, -0.05) is 0 Å². The molecule has 0 amide bonds. The molecule has 0 saturated carbocycles. The van der Waals surface area contributed by atoms with Crippen molar-refractivity contribution in [2.24, 2.45) is 5.73 Å². The highest BCUT2D eigenvalue weighted by Gasteiger charge is 2.23. The highest BCUT2D eigenvalue weighted by molar-refractivity contribution is 5.79. The molecule has 0 fully saturated rings. The Morgan fingerprint density at radius 3 is 2.69 bits per heavy atom. The largest absolute Gasteiger partial charge is 0.508 e. The molecule has 0 saturated heterocycles. The number of nitrogens with two attached hydrogens (primary N) is 1. The summed E-state index contributed by atoms with van der Waals surface area (Å²) in [5.41, 5.74) is 5.90. The fourth-order valence-corrected chi connectivity index (χ4v) is 1.43. The summed E-state index contributed by atoms with van der Waals surface area (Å²) < 4.78 is 9.63. The molecule has 0 spiro atoms. The zero-order valence-electron chi connectivity index (χ0n) is 9.27. The van der Waals surface area contributed by atoms with Crippen LogP contribution in [-0.4, -0.2) is 31.8 Å². The number of hydrogen-bond acceptors (Lipinski definition) is 5. The average Bonchev–Trinajstić information content (AvgIpc) is 2.32. The first-order valence-corrected chi connectivity index (χ1v) is 4.78. The maximum atomic E-state index is 11.4. The van der Waals surface area contributed by atoms with Gasteiger partial charge < -0.3 is 20.3 Å². The molecule has 1 aromatic rings. The molecular weight excluding hydrogens is 210 g/mol. The minimum absolute atomic E-state index is 0.00153. The zero-order chi connectivity index (χ0) is 12.1. The summed E-state index contributed by atoms with van der Waals surface area (Å²) in [6, 6.07) is 4.63. The summed E-state index contributed by atoms with van der Waals surface area (Å²) in [5.74, 6) is -0.608. The number of carbonyl (C=O) groups is 1. The molecule has 5 nitrogen and oxygen atoms in total. The number of aromatic hydroxyl groups is 1. The summed E-state index contributed by atoms with van der Waals surface area (Å²) in [4.78, 5) is 11.4. The van der Waals surface area contributed by atoms with Crippen LogP contribution in [-0.2, 0) is 9.53 Å². The van der Waals surface area contributed by atoms with Crippen LogP contribution in [0.4, 0.5) is 0 Å². The lowest BCUT2D eigenvalue weighted by atomic mass is 9.98. The monoisotopic (exact) mass is 225 g/mol. The molecule has 1 atom stereocenters. The molecule has 88 valence electrons. The normalized spacial score (nSPS) is 11.9. The Balaban J connectivity index is 3.12. The third-order valence-electron chi connectivity index (χ3n) is 2.33. The smallest absolute Gasteiger partial charge is 0.314 e. The summed E-state index contributed by atoms with van der Waals surface area (Å²) >= 11 is 0. The van der Waals surface area contributed by atoms with E-state index in [9.17, 15) is 9.90 Å². The number of hydrogen-bond donors (Lipinski definition) is 2. The Morgan fingerprint density at radius 2 is 2.19 bits per heavy atom. The van der Waals surface area contributed by atoms with Crippen molar-refractivity contribution in [3.63, 3.8) is 0 Å². The molecule has 1 unspecified atom stereocenters. The van der Waals surface area contributed by atoms with Crippen LogP contribution in [0.15, 0.2) is 18.2 Å². The fraction of sp³-hybridized carbons (Fsp3) is 0.364.